The molecule has 23 heavy (non-hydrogen) atoms. The molecule has 9 nitrogen and oxygen atoms in total. The fraction of sp³-hybridized carbons (Fsp3) is 0.286. The van der Waals surface area contributed by atoms with Gasteiger partial charge in [-0.1, -0.05) is 13.8 Å². The van der Waals surface area contributed by atoms with Crippen LogP contribution in [-0.4, -0.2) is 41.3 Å². The van der Waals surface area contributed by atoms with Gasteiger partial charge in [0.25, 0.3) is 5.91 Å². The van der Waals surface area contributed by atoms with Gasteiger partial charge in [-0.05, 0) is 41.6 Å². The van der Waals surface area contributed by atoms with Crippen molar-refractivity contribution in [2.75, 3.05) is 5.32 Å². The Kier molecular flexibility index (Phi) is 3.83. The highest BCUT2D eigenvalue weighted by Gasteiger charge is 2.12. The molecule has 2 heterocycles. The van der Waals surface area contributed by atoms with Crippen LogP contribution >= 0.6 is 0 Å². The highest BCUT2D eigenvalue weighted by Crippen LogP contribution is 2.13. The fourth-order valence-corrected chi connectivity index (χ4v) is 1.99. The SMILES string of the molecule is Cc1nnnn1-c1ccc(C(=O)Nc2n[nH]c(C(C)C)n2)cc1. The molecule has 9 heteroatoms. The molecule has 0 spiro atoms. The highest BCUT2D eigenvalue weighted by molar-refractivity contribution is 6.03. The number of hydrogen-bond acceptors (Lipinski definition) is 6. The van der Waals surface area contributed by atoms with Crippen molar-refractivity contribution in [2.45, 2.75) is 26.7 Å². The molecule has 0 aliphatic rings. The second kappa shape index (κ2) is 5.95. The van der Waals surface area contributed by atoms with E-state index in [1.807, 2.05) is 13.8 Å². The van der Waals surface area contributed by atoms with E-state index >= 15 is 0 Å². The van der Waals surface area contributed by atoms with Crippen molar-refractivity contribution in [1.82, 2.24) is 35.4 Å². The molecular weight excluding hydrogens is 296 g/mol. The van der Waals surface area contributed by atoms with Gasteiger partial charge in [-0.2, -0.15) is 9.67 Å². The summed E-state index contributed by atoms with van der Waals surface area (Å²) < 4.78 is 1.59. The lowest BCUT2D eigenvalue weighted by molar-refractivity contribution is 0.102. The van der Waals surface area contributed by atoms with Crippen molar-refractivity contribution >= 4 is 11.9 Å². The molecule has 0 radical (unpaired) electrons. The van der Waals surface area contributed by atoms with Crippen molar-refractivity contribution in [1.29, 1.82) is 0 Å². The van der Waals surface area contributed by atoms with Crippen LogP contribution in [0.15, 0.2) is 24.3 Å². The number of benzene rings is 1. The topological polar surface area (TPSA) is 114 Å². The van der Waals surface area contributed by atoms with E-state index in [0.29, 0.717) is 11.4 Å². The fourth-order valence-electron chi connectivity index (χ4n) is 1.99. The average molecular weight is 312 g/mol. The molecule has 0 unspecified atom stereocenters. The Morgan fingerprint density at radius 3 is 2.57 bits per heavy atom. The molecule has 2 N–H and O–H groups in total. The lowest BCUT2D eigenvalue weighted by Crippen LogP contribution is -2.13. The van der Waals surface area contributed by atoms with Crippen LogP contribution in [0.4, 0.5) is 5.95 Å². The molecule has 0 aliphatic heterocycles. The summed E-state index contributed by atoms with van der Waals surface area (Å²) >= 11 is 0. The quantitative estimate of drug-likeness (QED) is 0.754. The summed E-state index contributed by atoms with van der Waals surface area (Å²) in [7, 11) is 0. The van der Waals surface area contributed by atoms with Crippen LogP contribution in [0.1, 0.15) is 41.8 Å². The van der Waals surface area contributed by atoms with Gasteiger partial charge in [0.2, 0.25) is 5.95 Å². The Labute approximate surface area is 132 Å². The first-order valence-corrected chi connectivity index (χ1v) is 7.13. The molecule has 2 aromatic heterocycles. The standard InChI is InChI=1S/C14H16N8O/c1-8(2)12-15-14(19-18-12)16-13(23)10-4-6-11(7-5-10)22-9(3)17-20-21-22/h4-8H,1-3H3,(H2,15,16,18,19,23). The first kappa shape index (κ1) is 14.8. The molecular formula is C14H16N8O. The molecule has 3 aromatic rings. The number of H-pyrrole nitrogens is 1. The maximum Gasteiger partial charge on any atom is 0.258 e. The van der Waals surface area contributed by atoms with E-state index in [2.05, 4.69) is 36.0 Å². The maximum atomic E-state index is 12.2. The van der Waals surface area contributed by atoms with Crippen molar-refractivity contribution in [3.63, 3.8) is 0 Å². The molecule has 0 aliphatic carbocycles. The summed E-state index contributed by atoms with van der Waals surface area (Å²) in [5, 5.41) is 20.7. The Morgan fingerprint density at radius 2 is 2.00 bits per heavy atom. The monoisotopic (exact) mass is 312 g/mol. The zero-order valence-electron chi connectivity index (χ0n) is 13.0. The number of nitrogens with zero attached hydrogens (tertiary/aromatic N) is 6. The molecule has 1 amide bonds. The van der Waals surface area contributed by atoms with Crippen LogP contribution in [0.3, 0.4) is 0 Å². The number of aromatic nitrogens is 7. The molecule has 0 saturated carbocycles. The van der Waals surface area contributed by atoms with Crippen molar-refractivity contribution in [3.05, 3.63) is 41.5 Å². The van der Waals surface area contributed by atoms with Crippen LogP contribution in [0.5, 0.6) is 0 Å². The third kappa shape index (κ3) is 3.07. The third-order valence-electron chi connectivity index (χ3n) is 3.27. The minimum absolute atomic E-state index is 0.215. The van der Waals surface area contributed by atoms with Crippen LogP contribution in [0, 0.1) is 6.92 Å². The number of hydrogen-bond donors (Lipinski definition) is 2. The first-order chi connectivity index (χ1) is 11.0. The first-order valence-electron chi connectivity index (χ1n) is 7.13. The van der Waals surface area contributed by atoms with E-state index in [-0.39, 0.29) is 17.8 Å². The lowest BCUT2D eigenvalue weighted by atomic mass is 10.2. The number of amides is 1. The number of carbonyl (C=O) groups excluding carboxylic acids is 1. The molecule has 1 aromatic carbocycles. The normalized spacial score (nSPS) is 11.0. The minimum atomic E-state index is -0.278. The number of carbonyl (C=O) groups is 1. The summed E-state index contributed by atoms with van der Waals surface area (Å²) in [5.74, 6) is 1.60. The second-order valence-corrected chi connectivity index (χ2v) is 5.34. The number of rotatable bonds is 4. The summed E-state index contributed by atoms with van der Waals surface area (Å²) in [6.07, 6.45) is 0. The summed E-state index contributed by atoms with van der Waals surface area (Å²) in [6.45, 7) is 5.79. The summed E-state index contributed by atoms with van der Waals surface area (Å²) in [4.78, 5) is 16.4. The van der Waals surface area contributed by atoms with Gasteiger partial charge >= 0.3 is 0 Å². The van der Waals surface area contributed by atoms with Gasteiger partial charge in [0.15, 0.2) is 5.82 Å². The van der Waals surface area contributed by atoms with Crippen molar-refractivity contribution in [2.24, 2.45) is 0 Å². The van der Waals surface area contributed by atoms with Gasteiger partial charge in [-0.15, -0.1) is 10.2 Å². The van der Waals surface area contributed by atoms with Crippen molar-refractivity contribution < 1.29 is 4.79 Å². The van der Waals surface area contributed by atoms with Gasteiger partial charge < -0.3 is 0 Å². The van der Waals surface area contributed by atoms with Gasteiger partial charge in [-0.3, -0.25) is 15.2 Å². The van der Waals surface area contributed by atoms with E-state index in [0.717, 1.165) is 11.5 Å². The lowest BCUT2D eigenvalue weighted by Gasteiger charge is -2.04. The summed E-state index contributed by atoms with van der Waals surface area (Å²) in [6, 6.07) is 6.94. The van der Waals surface area contributed by atoms with Crippen LogP contribution in [-0.2, 0) is 0 Å². The van der Waals surface area contributed by atoms with Gasteiger partial charge in [0.1, 0.15) is 5.82 Å². The molecule has 0 saturated heterocycles. The molecule has 0 bridgehead atoms. The van der Waals surface area contributed by atoms with Crippen LogP contribution in [0.2, 0.25) is 0 Å². The van der Waals surface area contributed by atoms with Gasteiger partial charge in [0, 0.05) is 11.5 Å². The van der Waals surface area contributed by atoms with Gasteiger partial charge in [-0.25, -0.2) is 0 Å². The third-order valence-corrected chi connectivity index (χ3v) is 3.27. The predicted octanol–water partition coefficient (Wildman–Crippen LogP) is 1.46. The molecule has 3 rings (SSSR count). The number of tetrazole rings is 1. The average Bonchev–Trinajstić information content (AvgIpc) is 3.16. The van der Waals surface area contributed by atoms with E-state index < -0.39 is 0 Å². The largest absolute Gasteiger partial charge is 0.289 e. The number of nitrogens with one attached hydrogen (secondary N) is 2. The smallest absolute Gasteiger partial charge is 0.258 e. The predicted molar refractivity (Wildman–Crippen MR) is 82.3 cm³/mol. The number of anilines is 1. The van der Waals surface area contributed by atoms with E-state index in [1.54, 1.807) is 35.9 Å². The Balaban J connectivity index is 1.73. The zero-order valence-corrected chi connectivity index (χ0v) is 13.0. The van der Waals surface area contributed by atoms with Crippen LogP contribution < -0.4 is 5.32 Å². The van der Waals surface area contributed by atoms with E-state index in [9.17, 15) is 4.79 Å². The Bertz CT molecular complexity index is 817. The second-order valence-electron chi connectivity index (χ2n) is 5.34. The number of aromatic amines is 1. The van der Waals surface area contributed by atoms with E-state index in [4.69, 9.17) is 0 Å². The maximum absolute atomic E-state index is 12.2. The Hall–Kier alpha value is -3.10. The highest BCUT2D eigenvalue weighted by atomic mass is 16.1. The van der Waals surface area contributed by atoms with Crippen LogP contribution in [0.25, 0.3) is 5.69 Å². The zero-order chi connectivity index (χ0) is 16.4. The number of aryl methyl sites for hydroxylation is 1. The molecule has 118 valence electrons. The Morgan fingerprint density at radius 1 is 1.26 bits per heavy atom. The molecule has 0 atom stereocenters. The van der Waals surface area contributed by atoms with Gasteiger partial charge in [0.05, 0.1) is 5.69 Å². The summed E-state index contributed by atoms with van der Waals surface area (Å²) in [5.41, 5.74) is 1.28. The minimum Gasteiger partial charge on any atom is -0.289 e. The van der Waals surface area contributed by atoms with E-state index in [1.165, 1.54) is 0 Å². The molecule has 0 fully saturated rings. The van der Waals surface area contributed by atoms with Crippen molar-refractivity contribution in [3.8, 4) is 5.69 Å².